The lowest BCUT2D eigenvalue weighted by molar-refractivity contribution is -0.150. The van der Waals surface area contributed by atoms with Gasteiger partial charge in [-0.05, 0) is 39.8 Å². The van der Waals surface area contributed by atoms with Gasteiger partial charge in [-0.15, -0.1) is 0 Å². The van der Waals surface area contributed by atoms with Crippen molar-refractivity contribution in [3.05, 3.63) is 29.8 Å². The fraction of sp³-hybridized carbons (Fsp3) is 0.462. The summed E-state index contributed by atoms with van der Waals surface area (Å²) < 4.78 is 52.8. The van der Waals surface area contributed by atoms with Crippen LogP contribution in [0, 0.1) is 17.0 Å². The molecule has 0 atom stereocenters. The van der Waals surface area contributed by atoms with E-state index in [2.05, 4.69) is 4.72 Å². The van der Waals surface area contributed by atoms with Crippen molar-refractivity contribution in [2.24, 2.45) is 5.41 Å². The summed E-state index contributed by atoms with van der Waals surface area (Å²) in [4.78, 5) is 10.6. The van der Waals surface area contributed by atoms with Gasteiger partial charge in [0.2, 0.25) is 10.0 Å². The minimum absolute atomic E-state index is 0.547. The van der Waals surface area contributed by atoms with E-state index >= 15 is 0 Å². The number of hydrogen-bond donors (Lipinski definition) is 2. The molecule has 0 amide bonds. The maximum absolute atomic E-state index is 13.1. The molecule has 8 heteroatoms. The third-order valence-electron chi connectivity index (χ3n) is 3.63. The first-order chi connectivity index (χ1) is 9.29. The zero-order valence-electron chi connectivity index (χ0n) is 12.1. The summed E-state index contributed by atoms with van der Waals surface area (Å²) in [5.41, 5.74) is -2.83. The fourth-order valence-corrected chi connectivity index (χ4v) is 3.05. The summed E-state index contributed by atoms with van der Waals surface area (Å²) in [7, 11) is -4.27. The molecule has 0 bridgehead atoms. The molecule has 0 aromatic heterocycles. The minimum atomic E-state index is -4.27. The van der Waals surface area contributed by atoms with Gasteiger partial charge in [-0.2, -0.15) is 0 Å². The van der Waals surface area contributed by atoms with Crippen molar-refractivity contribution in [2.75, 3.05) is 0 Å². The smallest absolute Gasteiger partial charge is 0.310 e. The van der Waals surface area contributed by atoms with Crippen LogP contribution in [0.2, 0.25) is 0 Å². The highest BCUT2D eigenvalue weighted by molar-refractivity contribution is 7.89. The molecule has 118 valence electrons. The largest absolute Gasteiger partial charge is 0.481 e. The molecule has 5 nitrogen and oxygen atoms in total. The van der Waals surface area contributed by atoms with Gasteiger partial charge in [0.15, 0.2) is 0 Å². The third kappa shape index (κ3) is 3.56. The highest BCUT2D eigenvalue weighted by Crippen LogP contribution is 2.32. The van der Waals surface area contributed by atoms with Crippen molar-refractivity contribution in [1.29, 1.82) is 0 Å². The molecule has 0 aliphatic carbocycles. The van der Waals surface area contributed by atoms with E-state index in [4.69, 9.17) is 0 Å². The second-order valence-electron chi connectivity index (χ2n) is 5.77. The predicted octanol–water partition coefficient (Wildman–Crippen LogP) is 2.13. The van der Waals surface area contributed by atoms with E-state index in [-0.39, 0.29) is 0 Å². The van der Waals surface area contributed by atoms with Gasteiger partial charge < -0.3 is 5.11 Å². The monoisotopic (exact) mass is 321 g/mol. The molecule has 0 aliphatic rings. The number of carboxylic acid groups (broad SMARTS) is 1. The van der Waals surface area contributed by atoms with E-state index in [1.165, 1.54) is 27.7 Å². The van der Waals surface area contributed by atoms with E-state index in [0.29, 0.717) is 18.2 Å². The quantitative estimate of drug-likeness (QED) is 0.870. The Morgan fingerprint density at radius 3 is 1.90 bits per heavy atom. The van der Waals surface area contributed by atoms with Crippen molar-refractivity contribution >= 4 is 16.0 Å². The first-order valence-electron chi connectivity index (χ1n) is 6.03. The normalized spacial score (nSPS) is 13.2. The van der Waals surface area contributed by atoms with Crippen molar-refractivity contribution in [1.82, 2.24) is 4.72 Å². The fourth-order valence-electron chi connectivity index (χ4n) is 1.47. The van der Waals surface area contributed by atoms with Crippen LogP contribution in [0.25, 0.3) is 0 Å². The van der Waals surface area contributed by atoms with E-state index in [9.17, 15) is 27.1 Å². The molecule has 1 aromatic carbocycles. The van der Waals surface area contributed by atoms with E-state index in [1.807, 2.05) is 0 Å². The van der Waals surface area contributed by atoms with Crippen molar-refractivity contribution in [3.63, 3.8) is 0 Å². The Kier molecular flexibility index (Phi) is 4.45. The van der Waals surface area contributed by atoms with Gasteiger partial charge in [-0.3, -0.25) is 4.79 Å². The number of benzene rings is 1. The van der Waals surface area contributed by atoms with Crippen LogP contribution < -0.4 is 4.72 Å². The van der Waals surface area contributed by atoms with Crippen LogP contribution in [0.3, 0.4) is 0 Å². The number of nitrogens with one attached hydrogen (secondary N) is 1. The first-order valence-corrected chi connectivity index (χ1v) is 7.51. The summed E-state index contributed by atoms with van der Waals surface area (Å²) in [6.45, 7) is 5.47. The standard InChI is InChI=1S/C13H17F2NO4S/c1-12(2,11(17)18)13(3,4)16-21(19,20)10-6-8(14)5-9(15)7-10/h5-7,16H,1-4H3,(H,17,18). The molecule has 0 fully saturated rings. The average Bonchev–Trinajstić information content (AvgIpc) is 2.25. The molecule has 21 heavy (non-hydrogen) atoms. The molecule has 0 aliphatic heterocycles. The Morgan fingerprint density at radius 2 is 1.52 bits per heavy atom. The highest BCUT2D eigenvalue weighted by Gasteiger charge is 2.46. The molecule has 0 saturated heterocycles. The molecule has 0 unspecified atom stereocenters. The number of hydrogen-bond acceptors (Lipinski definition) is 3. The molecule has 0 spiro atoms. The van der Waals surface area contributed by atoms with E-state index in [0.717, 1.165) is 0 Å². The van der Waals surface area contributed by atoms with Crippen molar-refractivity contribution in [3.8, 4) is 0 Å². The Labute approximate surface area is 122 Å². The maximum atomic E-state index is 13.1. The van der Waals surface area contributed by atoms with Gasteiger partial charge in [-0.25, -0.2) is 21.9 Å². The number of carboxylic acids is 1. The Morgan fingerprint density at radius 1 is 1.10 bits per heavy atom. The highest BCUT2D eigenvalue weighted by atomic mass is 32.2. The van der Waals surface area contributed by atoms with Gasteiger partial charge in [0.1, 0.15) is 11.6 Å². The summed E-state index contributed by atoms with van der Waals surface area (Å²) in [5, 5.41) is 9.18. The molecular weight excluding hydrogens is 304 g/mol. The van der Waals surface area contributed by atoms with Gasteiger partial charge in [0.05, 0.1) is 10.3 Å². The lowest BCUT2D eigenvalue weighted by atomic mass is 9.75. The van der Waals surface area contributed by atoms with Crippen LogP contribution in [0.5, 0.6) is 0 Å². The first kappa shape index (κ1) is 17.5. The maximum Gasteiger partial charge on any atom is 0.310 e. The second-order valence-corrected chi connectivity index (χ2v) is 7.45. The molecule has 1 aromatic rings. The van der Waals surface area contributed by atoms with E-state index < -0.39 is 43.5 Å². The van der Waals surface area contributed by atoms with Crippen LogP contribution >= 0.6 is 0 Å². The molecule has 0 saturated carbocycles. The molecule has 2 N–H and O–H groups in total. The SMILES string of the molecule is CC(C)(NS(=O)(=O)c1cc(F)cc(F)c1)C(C)(C)C(=O)O. The van der Waals surface area contributed by atoms with Crippen LogP contribution in [0.15, 0.2) is 23.1 Å². The summed E-state index contributed by atoms with van der Waals surface area (Å²) in [5.74, 6) is -3.28. The van der Waals surface area contributed by atoms with Crippen LogP contribution in [0.4, 0.5) is 8.78 Å². The summed E-state index contributed by atoms with van der Waals surface area (Å²) in [6, 6.07) is 1.87. The molecular formula is C13H17F2NO4S. The molecule has 0 radical (unpaired) electrons. The van der Waals surface area contributed by atoms with Crippen LogP contribution in [-0.2, 0) is 14.8 Å². The molecule has 1 rings (SSSR count). The number of carbonyl (C=O) groups is 1. The zero-order chi connectivity index (χ0) is 16.6. The van der Waals surface area contributed by atoms with Gasteiger partial charge >= 0.3 is 5.97 Å². The predicted molar refractivity (Wildman–Crippen MR) is 72.2 cm³/mol. The Balaban J connectivity index is 3.24. The average molecular weight is 321 g/mol. The number of halogens is 2. The Hall–Kier alpha value is -1.54. The van der Waals surface area contributed by atoms with Gasteiger partial charge in [0, 0.05) is 11.6 Å². The van der Waals surface area contributed by atoms with E-state index in [1.54, 1.807) is 0 Å². The Bertz CT molecular complexity index is 648. The number of rotatable bonds is 5. The summed E-state index contributed by atoms with van der Waals surface area (Å²) in [6.07, 6.45) is 0. The van der Waals surface area contributed by atoms with Gasteiger partial charge in [0.25, 0.3) is 0 Å². The van der Waals surface area contributed by atoms with Crippen LogP contribution in [0.1, 0.15) is 27.7 Å². The summed E-state index contributed by atoms with van der Waals surface area (Å²) >= 11 is 0. The van der Waals surface area contributed by atoms with Gasteiger partial charge in [-0.1, -0.05) is 0 Å². The number of sulfonamides is 1. The third-order valence-corrected chi connectivity index (χ3v) is 5.27. The topological polar surface area (TPSA) is 83.5 Å². The van der Waals surface area contributed by atoms with Crippen molar-refractivity contribution in [2.45, 2.75) is 38.1 Å². The molecule has 0 heterocycles. The second kappa shape index (κ2) is 5.34. The number of aliphatic carboxylic acids is 1. The lowest BCUT2D eigenvalue weighted by Crippen LogP contribution is -2.56. The zero-order valence-corrected chi connectivity index (χ0v) is 12.9. The van der Waals surface area contributed by atoms with Crippen LogP contribution in [-0.4, -0.2) is 25.0 Å². The van der Waals surface area contributed by atoms with Crippen molar-refractivity contribution < 1.29 is 27.1 Å². The lowest BCUT2D eigenvalue weighted by Gasteiger charge is -2.38. The minimum Gasteiger partial charge on any atom is -0.481 e.